The molecule has 1 atom stereocenters. The molecule has 1 aromatic rings. The van der Waals surface area contributed by atoms with Gasteiger partial charge in [-0.3, -0.25) is 4.79 Å². The van der Waals surface area contributed by atoms with Crippen molar-refractivity contribution in [1.29, 1.82) is 0 Å². The Labute approximate surface area is 125 Å². The van der Waals surface area contributed by atoms with Crippen LogP contribution in [0.3, 0.4) is 0 Å². The van der Waals surface area contributed by atoms with Crippen LogP contribution in [0.1, 0.15) is 38.2 Å². The third-order valence-corrected chi connectivity index (χ3v) is 3.92. The third kappa shape index (κ3) is 3.24. The lowest BCUT2D eigenvalue weighted by Gasteiger charge is -2.34. The zero-order chi connectivity index (χ0) is 15.4. The first-order valence-electron chi connectivity index (χ1n) is 7.36. The van der Waals surface area contributed by atoms with Gasteiger partial charge in [-0.15, -0.1) is 0 Å². The molecule has 1 aromatic heterocycles. The molecule has 116 valence electrons. The average Bonchev–Trinajstić information content (AvgIpc) is 2.53. The van der Waals surface area contributed by atoms with Crippen LogP contribution < -0.4 is 21.5 Å². The van der Waals surface area contributed by atoms with Crippen LogP contribution in [0.25, 0.3) is 0 Å². The highest BCUT2D eigenvalue weighted by Crippen LogP contribution is 2.32. The predicted octanol–water partition coefficient (Wildman–Crippen LogP) is 0.848. The van der Waals surface area contributed by atoms with Gasteiger partial charge in [0.25, 0.3) is 0 Å². The summed E-state index contributed by atoms with van der Waals surface area (Å²) in [7, 11) is 1.68. The highest BCUT2D eigenvalue weighted by molar-refractivity contribution is 5.79. The molecular weight excluding hydrogens is 268 g/mol. The minimum Gasteiger partial charge on any atom is -0.359 e. The first-order chi connectivity index (χ1) is 10.1. The van der Waals surface area contributed by atoms with E-state index in [2.05, 4.69) is 39.5 Å². The van der Waals surface area contributed by atoms with Gasteiger partial charge in [-0.2, -0.15) is 0 Å². The summed E-state index contributed by atoms with van der Waals surface area (Å²) in [6.45, 7) is 5.75. The van der Waals surface area contributed by atoms with Crippen LogP contribution in [0.15, 0.2) is 6.33 Å². The quantitative estimate of drug-likeness (QED) is 0.562. The van der Waals surface area contributed by atoms with Gasteiger partial charge in [0.05, 0.1) is 5.92 Å². The van der Waals surface area contributed by atoms with Crippen molar-refractivity contribution >= 4 is 17.5 Å². The fraction of sp³-hybridized carbons (Fsp3) is 0.643. The zero-order valence-electron chi connectivity index (χ0n) is 12.9. The molecule has 1 fully saturated rings. The number of piperidine rings is 1. The Kier molecular flexibility index (Phi) is 4.95. The summed E-state index contributed by atoms with van der Waals surface area (Å²) in [5.41, 5.74) is 3.64. The first-order valence-corrected chi connectivity index (χ1v) is 7.36. The van der Waals surface area contributed by atoms with Crippen molar-refractivity contribution in [1.82, 2.24) is 15.3 Å². The van der Waals surface area contributed by atoms with E-state index in [0.29, 0.717) is 12.4 Å². The third-order valence-electron chi connectivity index (χ3n) is 3.92. The van der Waals surface area contributed by atoms with Crippen molar-refractivity contribution in [3.8, 4) is 0 Å². The SMILES string of the molecule is CNC(=O)C1CCCN(c2ncnc(NN)c2C(C)C)C1. The van der Waals surface area contributed by atoms with Gasteiger partial charge in [-0.25, -0.2) is 15.8 Å². The predicted molar refractivity (Wildman–Crippen MR) is 82.9 cm³/mol. The Morgan fingerprint density at radius 2 is 2.24 bits per heavy atom. The molecule has 1 aliphatic rings. The molecular formula is C14H24N6O. The van der Waals surface area contributed by atoms with E-state index in [4.69, 9.17) is 5.84 Å². The summed E-state index contributed by atoms with van der Waals surface area (Å²) in [6.07, 6.45) is 3.41. The van der Waals surface area contributed by atoms with E-state index in [1.165, 1.54) is 6.33 Å². The minimum atomic E-state index is 0.00742. The number of nitrogens with zero attached hydrogens (tertiary/aromatic N) is 3. The number of nitrogen functional groups attached to an aromatic ring is 1. The minimum absolute atomic E-state index is 0.00742. The van der Waals surface area contributed by atoms with Gasteiger partial charge >= 0.3 is 0 Å². The maximum absolute atomic E-state index is 11.9. The topological polar surface area (TPSA) is 96.2 Å². The smallest absolute Gasteiger partial charge is 0.224 e. The molecule has 4 N–H and O–H groups in total. The normalized spacial score (nSPS) is 18.7. The number of carbonyl (C=O) groups excluding carboxylic acids is 1. The molecule has 0 aliphatic carbocycles. The molecule has 1 aliphatic heterocycles. The summed E-state index contributed by atoms with van der Waals surface area (Å²) in [5, 5.41) is 2.74. The van der Waals surface area contributed by atoms with Gasteiger partial charge in [-0.1, -0.05) is 13.8 Å². The summed E-state index contributed by atoms with van der Waals surface area (Å²) < 4.78 is 0. The molecule has 1 amide bonds. The van der Waals surface area contributed by atoms with Crippen LogP contribution in [0.4, 0.5) is 11.6 Å². The lowest BCUT2D eigenvalue weighted by molar-refractivity contribution is -0.124. The average molecular weight is 292 g/mol. The summed E-state index contributed by atoms with van der Waals surface area (Å²) in [6, 6.07) is 0. The number of nitrogens with one attached hydrogen (secondary N) is 2. The zero-order valence-corrected chi connectivity index (χ0v) is 12.9. The van der Waals surface area contributed by atoms with Crippen molar-refractivity contribution in [2.24, 2.45) is 11.8 Å². The second-order valence-electron chi connectivity index (χ2n) is 5.66. The molecule has 7 nitrogen and oxygen atoms in total. The Hall–Kier alpha value is -1.89. The van der Waals surface area contributed by atoms with Gasteiger partial charge in [-0.05, 0) is 18.8 Å². The van der Waals surface area contributed by atoms with Crippen molar-refractivity contribution in [2.45, 2.75) is 32.6 Å². The Balaban J connectivity index is 2.30. The van der Waals surface area contributed by atoms with Crippen molar-refractivity contribution in [3.63, 3.8) is 0 Å². The summed E-state index contributed by atoms with van der Waals surface area (Å²) >= 11 is 0. The molecule has 21 heavy (non-hydrogen) atoms. The van der Waals surface area contributed by atoms with E-state index in [9.17, 15) is 4.79 Å². The number of hydrogen-bond donors (Lipinski definition) is 3. The van der Waals surface area contributed by atoms with Crippen LogP contribution in [-0.4, -0.2) is 36.0 Å². The molecule has 0 radical (unpaired) electrons. The molecule has 1 saturated heterocycles. The molecule has 2 rings (SSSR count). The van der Waals surface area contributed by atoms with Crippen LogP contribution in [0.5, 0.6) is 0 Å². The number of aromatic nitrogens is 2. The maximum Gasteiger partial charge on any atom is 0.224 e. The van der Waals surface area contributed by atoms with E-state index in [-0.39, 0.29) is 17.7 Å². The molecule has 1 unspecified atom stereocenters. The number of nitrogens with two attached hydrogens (primary N) is 1. The second kappa shape index (κ2) is 6.71. The van der Waals surface area contributed by atoms with E-state index in [1.54, 1.807) is 7.05 Å². The number of carbonyl (C=O) groups is 1. The first kappa shape index (κ1) is 15.5. The van der Waals surface area contributed by atoms with E-state index >= 15 is 0 Å². The van der Waals surface area contributed by atoms with Crippen LogP contribution >= 0.6 is 0 Å². The molecule has 0 spiro atoms. The number of anilines is 2. The van der Waals surface area contributed by atoms with Gasteiger partial charge in [0, 0.05) is 25.7 Å². The fourth-order valence-electron chi connectivity index (χ4n) is 2.87. The molecule has 0 bridgehead atoms. The number of amides is 1. The monoisotopic (exact) mass is 292 g/mol. The van der Waals surface area contributed by atoms with Crippen LogP contribution in [-0.2, 0) is 4.79 Å². The summed E-state index contributed by atoms with van der Waals surface area (Å²) in [4.78, 5) is 22.7. The fourth-order valence-corrected chi connectivity index (χ4v) is 2.87. The lowest BCUT2D eigenvalue weighted by Crippen LogP contribution is -2.43. The van der Waals surface area contributed by atoms with Gasteiger partial charge in [0.1, 0.15) is 18.0 Å². The van der Waals surface area contributed by atoms with Crippen LogP contribution in [0, 0.1) is 5.92 Å². The molecule has 7 heteroatoms. The van der Waals surface area contributed by atoms with Crippen molar-refractivity contribution in [3.05, 3.63) is 11.9 Å². The summed E-state index contributed by atoms with van der Waals surface area (Å²) in [5.74, 6) is 7.43. The number of hydrazine groups is 1. The van der Waals surface area contributed by atoms with E-state index in [1.807, 2.05) is 0 Å². The van der Waals surface area contributed by atoms with Gasteiger partial charge < -0.3 is 15.6 Å². The largest absolute Gasteiger partial charge is 0.359 e. The van der Waals surface area contributed by atoms with Crippen molar-refractivity contribution < 1.29 is 4.79 Å². The molecule has 2 heterocycles. The van der Waals surface area contributed by atoms with Crippen molar-refractivity contribution in [2.75, 3.05) is 30.5 Å². The Morgan fingerprint density at radius 3 is 2.86 bits per heavy atom. The van der Waals surface area contributed by atoms with Gasteiger partial charge in [0.15, 0.2) is 0 Å². The Morgan fingerprint density at radius 1 is 1.48 bits per heavy atom. The maximum atomic E-state index is 11.9. The van der Waals surface area contributed by atoms with Gasteiger partial charge in [0.2, 0.25) is 5.91 Å². The highest BCUT2D eigenvalue weighted by atomic mass is 16.1. The number of hydrogen-bond acceptors (Lipinski definition) is 6. The van der Waals surface area contributed by atoms with E-state index < -0.39 is 0 Å². The lowest BCUT2D eigenvalue weighted by atomic mass is 9.96. The Bertz CT molecular complexity index is 504. The number of rotatable bonds is 4. The van der Waals surface area contributed by atoms with E-state index in [0.717, 1.165) is 30.8 Å². The molecule has 0 saturated carbocycles. The standard InChI is InChI=1S/C14H24N6O/c1-9(2)11-12(19-15)17-8-18-13(11)20-6-4-5-10(7-20)14(21)16-3/h8-10H,4-7,15H2,1-3H3,(H,16,21)(H,17,18,19). The highest BCUT2D eigenvalue weighted by Gasteiger charge is 2.28. The van der Waals surface area contributed by atoms with Crippen LogP contribution in [0.2, 0.25) is 0 Å². The molecule has 0 aromatic carbocycles. The second-order valence-corrected chi connectivity index (χ2v) is 5.66.